The second kappa shape index (κ2) is 5.71. The average molecular weight is 262 g/mol. The van der Waals surface area contributed by atoms with Crippen molar-refractivity contribution in [3.63, 3.8) is 0 Å². The molecular formula is C13H18N4O2. The fourth-order valence-corrected chi connectivity index (χ4v) is 2.05. The molecule has 1 unspecified atom stereocenters. The van der Waals surface area contributed by atoms with Crippen molar-refractivity contribution in [2.45, 2.75) is 25.8 Å². The van der Waals surface area contributed by atoms with Crippen LogP contribution in [0.15, 0.2) is 29.1 Å². The number of hydrogen-bond acceptors (Lipinski definition) is 4. The quantitative estimate of drug-likeness (QED) is 0.852. The van der Waals surface area contributed by atoms with Crippen LogP contribution in [0, 0.1) is 0 Å². The topological polar surface area (TPSA) is 85.9 Å². The second-order valence-electron chi connectivity index (χ2n) is 4.29. The van der Waals surface area contributed by atoms with Gasteiger partial charge >= 0.3 is 5.69 Å². The highest BCUT2D eigenvalue weighted by Gasteiger charge is 2.18. The van der Waals surface area contributed by atoms with E-state index in [1.807, 2.05) is 19.1 Å². The van der Waals surface area contributed by atoms with E-state index in [0.29, 0.717) is 17.3 Å². The molecule has 19 heavy (non-hydrogen) atoms. The monoisotopic (exact) mass is 262 g/mol. The number of ether oxygens (including phenoxy) is 1. The molecule has 0 aliphatic heterocycles. The molecule has 2 rings (SSSR count). The summed E-state index contributed by atoms with van der Waals surface area (Å²) in [6.07, 6.45) is 1.69. The summed E-state index contributed by atoms with van der Waals surface area (Å²) in [5, 5.41) is 6.48. The van der Waals surface area contributed by atoms with Crippen molar-refractivity contribution in [3.8, 4) is 11.4 Å². The van der Waals surface area contributed by atoms with Crippen LogP contribution < -0.4 is 16.2 Å². The SMILES string of the molecule is CCCC(N)c1n[nH]c(=O)n1-c1ccccc1OC. The van der Waals surface area contributed by atoms with Crippen LogP contribution in [0.25, 0.3) is 5.69 Å². The normalized spacial score (nSPS) is 12.4. The standard InChI is InChI=1S/C13H18N4O2/c1-3-6-9(14)12-15-16-13(18)17(12)10-7-4-5-8-11(10)19-2/h4-5,7-9H,3,6,14H2,1-2H3,(H,16,18). The number of methoxy groups -OCH3 is 1. The Labute approximate surface area is 111 Å². The Morgan fingerprint density at radius 2 is 2.21 bits per heavy atom. The minimum atomic E-state index is -0.314. The maximum Gasteiger partial charge on any atom is 0.348 e. The summed E-state index contributed by atoms with van der Waals surface area (Å²) in [5.74, 6) is 1.13. The zero-order chi connectivity index (χ0) is 13.8. The van der Waals surface area contributed by atoms with Gasteiger partial charge in [-0.25, -0.2) is 14.5 Å². The van der Waals surface area contributed by atoms with Crippen LogP contribution in [0.4, 0.5) is 0 Å². The Morgan fingerprint density at radius 3 is 2.89 bits per heavy atom. The maximum absolute atomic E-state index is 12.0. The second-order valence-corrected chi connectivity index (χ2v) is 4.29. The van der Waals surface area contributed by atoms with Crippen molar-refractivity contribution in [1.29, 1.82) is 0 Å². The molecule has 1 aromatic carbocycles. The number of nitrogens with one attached hydrogen (secondary N) is 1. The minimum Gasteiger partial charge on any atom is -0.495 e. The molecular weight excluding hydrogens is 244 g/mol. The number of aromatic nitrogens is 3. The number of nitrogens with zero attached hydrogens (tertiary/aromatic N) is 2. The van der Waals surface area contributed by atoms with E-state index in [4.69, 9.17) is 10.5 Å². The molecule has 6 nitrogen and oxygen atoms in total. The highest BCUT2D eigenvalue weighted by molar-refractivity contribution is 5.47. The van der Waals surface area contributed by atoms with Gasteiger partial charge in [-0.05, 0) is 18.6 Å². The molecule has 0 aliphatic rings. The van der Waals surface area contributed by atoms with Crippen molar-refractivity contribution in [2.24, 2.45) is 5.73 Å². The van der Waals surface area contributed by atoms with Gasteiger partial charge in [-0.3, -0.25) is 0 Å². The molecule has 0 amide bonds. The van der Waals surface area contributed by atoms with Gasteiger partial charge in [0.15, 0.2) is 5.82 Å². The summed E-state index contributed by atoms with van der Waals surface area (Å²) in [4.78, 5) is 12.0. The van der Waals surface area contributed by atoms with Gasteiger partial charge < -0.3 is 10.5 Å². The largest absolute Gasteiger partial charge is 0.495 e. The molecule has 0 spiro atoms. The number of rotatable bonds is 5. The molecule has 3 N–H and O–H groups in total. The van der Waals surface area contributed by atoms with Crippen LogP contribution in [0.2, 0.25) is 0 Å². The van der Waals surface area contributed by atoms with E-state index in [9.17, 15) is 4.79 Å². The van der Waals surface area contributed by atoms with Crippen LogP contribution in [0.3, 0.4) is 0 Å². The predicted molar refractivity (Wildman–Crippen MR) is 72.6 cm³/mol. The zero-order valence-electron chi connectivity index (χ0n) is 11.1. The fourth-order valence-electron chi connectivity index (χ4n) is 2.05. The number of hydrogen-bond donors (Lipinski definition) is 2. The van der Waals surface area contributed by atoms with Crippen LogP contribution in [0.1, 0.15) is 31.6 Å². The number of benzene rings is 1. The molecule has 1 aromatic heterocycles. The lowest BCUT2D eigenvalue weighted by Gasteiger charge is -2.13. The summed E-state index contributed by atoms with van der Waals surface area (Å²) in [5.41, 5.74) is 6.40. The lowest BCUT2D eigenvalue weighted by Crippen LogP contribution is -2.22. The highest BCUT2D eigenvalue weighted by Crippen LogP contribution is 2.23. The number of aromatic amines is 1. The fraction of sp³-hybridized carbons (Fsp3) is 0.385. The van der Waals surface area contributed by atoms with Crippen LogP contribution >= 0.6 is 0 Å². The molecule has 0 aliphatic carbocycles. The number of para-hydroxylation sites is 2. The van der Waals surface area contributed by atoms with Crippen molar-refractivity contribution >= 4 is 0 Å². The van der Waals surface area contributed by atoms with E-state index < -0.39 is 0 Å². The number of nitrogens with two attached hydrogens (primary N) is 1. The van der Waals surface area contributed by atoms with Gasteiger partial charge in [0.1, 0.15) is 5.75 Å². The molecule has 0 saturated heterocycles. The first kappa shape index (κ1) is 13.4. The van der Waals surface area contributed by atoms with Gasteiger partial charge in [-0.1, -0.05) is 25.5 Å². The summed E-state index contributed by atoms with van der Waals surface area (Å²) in [6, 6.07) is 7.00. The first-order valence-electron chi connectivity index (χ1n) is 6.25. The van der Waals surface area contributed by atoms with Crippen LogP contribution in [0.5, 0.6) is 5.75 Å². The maximum atomic E-state index is 12.0. The lowest BCUT2D eigenvalue weighted by atomic mass is 10.1. The van der Waals surface area contributed by atoms with Gasteiger partial charge in [0.25, 0.3) is 0 Å². The van der Waals surface area contributed by atoms with E-state index in [0.717, 1.165) is 12.8 Å². The van der Waals surface area contributed by atoms with Crippen molar-refractivity contribution in [1.82, 2.24) is 14.8 Å². The zero-order valence-corrected chi connectivity index (χ0v) is 11.1. The molecule has 2 aromatic rings. The summed E-state index contributed by atoms with van der Waals surface area (Å²) in [7, 11) is 1.57. The Balaban J connectivity index is 2.55. The third kappa shape index (κ3) is 2.53. The molecule has 1 heterocycles. The molecule has 1 atom stereocenters. The Morgan fingerprint density at radius 1 is 1.47 bits per heavy atom. The lowest BCUT2D eigenvalue weighted by molar-refractivity contribution is 0.411. The van der Waals surface area contributed by atoms with Crippen molar-refractivity contribution < 1.29 is 4.74 Å². The van der Waals surface area contributed by atoms with Gasteiger partial charge in [-0.2, -0.15) is 5.10 Å². The van der Waals surface area contributed by atoms with Crippen molar-refractivity contribution in [3.05, 3.63) is 40.6 Å². The molecule has 0 fully saturated rings. The Bertz CT molecular complexity index is 603. The Kier molecular flexibility index (Phi) is 4.01. The van der Waals surface area contributed by atoms with Crippen LogP contribution in [-0.2, 0) is 0 Å². The Hall–Kier alpha value is -2.08. The summed E-state index contributed by atoms with van der Waals surface area (Å²) < 4.78 is 6.75. The average Bonchev–Trinajstić information content (AvgIpc) is 2.81. The smallest absolute Gasteiger partial charge is 0.348 e. The molecule has 6 heteroatoms. The summed E-state index contributed by atoms with van der Waals surface area (Å²) >= 11 is 0. The van der Waals surface area contributed by atoms with E-state index in [1.54, 1.807) is 19.2 Å². The van der Waals surface area contributed by atoms with E-state index in [1.165, 1.54) is 4.57 Å². The van der Waals surface area contributed by atoms with Crippen molar-refractivity contribution in [2.75, 3.05) is 7.11 Å². The predicted octanol–water partition coefficient (Wildman–Crippen LogP) is 1.37. The van der Waals surface area contributed by atoms with E-state index in [-0.39, 0.29) is 11.7 Å². The third-order valence-electron chi connectivity index (χ3n) is 2.96. The summed E-state index contributed by atoms with van der Waals surface area (Å²) in [6.45, 7) is 2.04. The minimum absolute atomic E-state index is 0.283. The molecule has 0 bridgehead atoms. The first-order valence-corrected chi connectivity index (χ1v) is 6.25. The highest BCUT2D eigenvalue weighted by atomic mass is 16.5. The molecule has 0 radical (unpaired) electrons. The van der Waals surface area contributed by atoms with Gasteiger partial charge in [0.05, 0.1) is 18.8 Å². The number of H-pyrrole nitrogens is 1. The third-order valence-corrected chi connectivity index (χ3v) is 2.96. The van der Waals surface area contributed by atoms with E-state index >= 15 is 0 Å². The van der Waals surface area contributed by atoms with E-state index in [2.05, 4.69) is 10.2 Å². The van der Waals surface area contributed by atoms with Gasteiger partial charge in [0.2, 0.25) is 0 Å². The van der Waals surface area contributed by atoms with Gasteiger partial charge in [-0.15, -0.1) is 0 Å². The molecule has 0 saturated carbocycles. The van der Waals surface area contributed by atoms with Crippen LogP contribution in [-0.4, -0.2) is 21.9 Å². The van der Waals surface area contributed by atoms with Gasteiger partial charge in [0, 0.05) is 0 Å². The molecule has 102 valence electrons. The first-order chi connectivity index (χ1) is 9.19.